The molecule has 112 valence electrons. The van der Waals surface area contributed by atoms with Crippen molar-refractivity contribution in [2.24, 2.45) is 0 Å². The van der Waals surface area contributed by atoms with Crippen molar-refractivity contribution in [1.29, 1.82) is 0 Å². The second-order valence-corrected chi connectivity index (χ2v) is 6.45. The zero-order chi connectivity index (χ0) is 15.3. The summed E-state index contributed by atoms with van der Waals surface area (Å²) in [6.07, 6.45) is 5.55. The first kappa shape index (κ1) is 13.9. The third-order valence-corrected chi connectivity index (χ3v) is 4.58. The van der Waals surface area contributed by atoms with Crippen LogP contribution in [0.5, 0.6) is 0 Å². The minimum atomic E-state index is 0.619. The van der Waals surface area contributed by atoms with Crippen molar-refractivity contribution in [3.8, 4) is 0 Å². The number of nitrogens with zero attached hydrogens (tertiary/aromatic N) is 2. The van der Waals surface area contributed by atoms with Crippen LogP contribution >= 0.6 is 23.2 Å². The fourth-order valence-electron chi connectivity index (χ4n) is 2.94. The standard InChI is InChI=1S/C17H15Cl2N3/c1-2-3-4-10-5-6-22-14(7-10)20-16-12-8-11(18)9-13(19)15(12)21-17(16)22/h5-9,21H,2-4H2,1H3. The highest BCUT2D eigenvalue weighted by Crippen LogP contribution is 2.33. The second kappa shape index (κ2) is 5.18. The smallest absolute Gasteiger partial charge is 0.143 e. The van der Waals surface area contributed by atoms with Gasteiger partial charge in [0.25, 0.3) is 0 Å². The first-order valence-corrected chi connectivity index (χ1v) is 8.20. The van der Waals surface area contributed by atoms with Crippen LogP contribution in [0.25, 0.3) is 27.7 Å². The largest absolute Gasteiger partial charge is 0.338 e. The van der Waals surface area contributed by atoms with E-state index in [0.717, 1.165) is 34.1 Å². The maximum atomic E-state index is 6.27. The number of pyridine rings is 1. The lowest BCUT2D eigenvalue weighted by Crippen LogP contribution is -1.90. The Hall–Kier alpha value is -1.71. The summed E-state index contributed by atoms with van der Waals surface area (Å²) in [5, 5.41) is 2.21. The Balaban J connectivity index is 1.97. The maximum absolute atomic E-state index is 6.27. The lowest BCUT2D eigenvalue weighted by atomic mass is 10.1. The van der Waals surface area contributed by atoms with E-state index < -0.39 is 0 Å². The number of H-pyrrole nitrogens is 1. The molecule has 0 fully saturated rings. The molecule has 0 radical (unpaired) electrons. The molecule has 3 heterocycles. The van der Waals surface area contributed by atoms with Crippen molar-refractivity contribution >= 4 is 50.9 Å². The van der Waals surface area contributed by atoms with Crippen LogP contribution in [-0.4, -0.2) is 14.4 Å². The Bertz CT molecular complexity index is 998. The number of aryl methyl sites for hydroxylation is 1. The number of rotatable bonds is 3. The number of aromatic nitrogens is 3. The predicted octanol–water partition coefficient (Wildman–Crippen LogP) is 5.62. The van der Waals surface area contributed by atoms with Gasteiger partial charge in [-0.15, -0.1) is 0 Å². The van der Waals surface area contributed by atoms with Gasteiger partial charge in [0.15, 0.2) is 0 Å². The SMILES string of the molecule is CCCCc1ccn2c(c1)nc1c3cc(Cl)cc(Cl)c3[nH]c12. The number of imidazole rings is 1. The van der Waals surface area contributed by atoms with Gasteiger partial charge < -0.3 is 4.98 Å². The molecule has 1 aromatic carbocycles. The van der Waals surface area contributed by atoms with Gasteiger partial charge in [-0.25, -0.2) is 4.98 Å². The Morgan fingerprint density at radius 3 is 2.91 bits per heavy atom. The van der Waals surface area contributed by atoms with Crippen LogP contribution in [0.1, 0.15) is 25.3 Å². The van der Waals surface area contributed by atoms with E-state index in [1.807, 2.05) is 6.07 Å². The fourth-order valence-corrected chi connectivity index (χ4v) is 3.48. The molecule has 0 aliphatic rings. The van der Waals surface area contributed by atoms with E-state index >= 15 is 0 Å². The zero-order valence-corrected chi connectivity index (χ0v) is 13.7. The van der Waals surface area contributed by atoms with E-state index in [2.05, 4.69) is 34.6 Å². The highest BCUT2D eigenvalue weighted by atomic mass is 35.5. The van der Waals surface area contributed by atoms with E-state index in [1.54, 1.807) is 6.07 Å². The molecule has 0 atom stereocenters. The normalized spacial score (nSPS) is 12.0. The molecule has 0 amide bonds. The van der Waals surface area contributed by atoms with E-state index in [1.165, 1.54) is 18.4 Å². The molecule has 0 aliphatic carbocycles. The summed E-state index contributed by atoms with van der Waals surface area (Å²) in [5.41, 5.74) is 5.02. The molecule has 5 heteroatoms. The van der Waals surface area contributed by atoms with Crippen molar-refractivity contribution in [2.75, 3.05) is 0 Å². The summed E-state index contributed by atoms with van der Waals surface area (Å²) in [7, 11) is 0. The van der Waals surface area contributed by atoms with E-state index in [9.17, 15) is 0 Å². The number of fused-ring (bicyclic) bond motifs is 5. The van der Waals surface area contributed by atoms with Gasteiger partial charge in [-0.2, -0.15) is 0 Å². The Labute approximate surface area is 137 Å². The van der Waals surface area contributed by atoms with Crippen molar-refractivity contribution < 1.29 is 0 Å². The van der Waals surface area contributed by atoms with Gasteiger partial charge >= 0.3 is 0 Å². The molecule has 3 nitrogen and oxygen atoms in total. The molecular weight excluding hydrogens is 317 g/mol. The van der Waals surface area contributed by atoms with E-state index in [0.29, 0.717) is 10.0 Å². The number of nitrogens with one attached hydrogen (secondary N) is 1. The molecule has 0 aliphatic heterocycles. The predicted molar refractivity (Wildman–Crippen MR) is 93.2 cm³/mol. The quantitative estimate of drug-likeness (QED) is 0.519. The average molecular weight is 332 g/mol. The molecular formula is C17H15Cl2N3. The summed E-state index contributed by atoms with van der Waals surface area (Å²) >= 11 is 12.4. The number of hydrogen-bond acceptors (Lipinski definition) is 1. The fraction of sp³-hybridized carbons (Fsp3) is 0.235. The maximum Gasteiger partial charge on any atom is 0.143 e. The third-order valence-electron chi connectivity index (χ3n) is 4.06. The van der Waals surface area contributed by atoms with Gasteiger partial charge in [0.05, 0.1) is 10.5 Å². The van der Waals surface area contributed by atoms with Crippen molar-refractivity contribution in [3.63, 3.8) is 0 Å². The van der Waals surface area contributed by atoms with Crippen LogP contribution in [0.3, 0.4) is 0 Å². The van der Waals surface area contributed by atoms with Gasteiger partial charge in [0, 0.05) is 16.6 Å². The van der Waals surface area contributed by atoms with Crippen molar-refractivity contribution in [3.05, 3.63) is 46.1 Å². The number of aromatic amines is 1. The Morgan fingerprint density at radius 2 is 2.09 bits per heavy atom. The minimum absolute atomic E-state index is 0.619. The van der Waals surface area contributed by atoms with Crippen molar-refractivity contribution in [2.45, 2.75) is 26.2 Å². The number of hydrogen-bond donors (Lipinski definition) is 1. The topological polar surface area (TPSA) is 33.1 Å². The lowest BCUT2D eigenvalue weighted by molar-refractivity contribution is 0.794. The van der Waals surface area contributed by atoms with Gasteiger partial charge in [-0.3, -0.25) is 4.40 Å². The third kappa shape index (κ3) is 2.08. The molecule has 0 saturated carbocycles. The van der Waals surface area contributed by atoms with Crippen LogP contribution in [0.15, 0.2) is 30.5 Å². The van der Waals surface area contributed by atoms with Crippen LogP contribution in [0.4, 0.5) is 0 Å². The molecule has 3 aromatic heterocycles. The first-order chi connectivity index (χ1) is 10.7. The van der Waals surface area contributed by atoms with Crippen molar-refractivity contribution in [1.82, 2.24) is 14.4 Å². The summed E-state index contributed by atoms with van der Waals surface area (Å²) in [6, 6.07) is 7.97. The Morgan fingerprint density at radius 1 is 1.23 bits per heavy atom. The lowest BCUT2D eigenvalue weighted by Gasteiger charge is -2.01. The minimum Gasteiger partial charge on any atom is -0.338 e. The molecule has 0 spiro atoms. The van der Waals surface area contributed by atoms with Gasteiger partial charge in [0.1, 0.15) is 16.8 Å². The van der Waals surface area contributed by atoms with Crippen LogP contribution < -0.4 is 0 Å². The Kier molecular flexibility index (Phi) is 3.28. The van der Waals surface area contributed by atoms with Crippen LogP contribution in [0, 0.1) is 0 Å². The van der Waals surface area contributed by atoms with Crippen LogP contribution in [0.2, 0.25) is 10.0 Å². The molecule has 4 rings (SSSR count). The monoisotopic (exact) mass is 331 g/mol. The first-order valence-electron chi connectivity index (χ1n) is 7.45. The molecule has 1 N–H and O–H groups in total. The van der Waals surface area contributed by atoms with Gasteiger partial charge in [-0.05, 0) is 42.7 Å². The van der Waals surface area contributed by atoms with E-state index in [4.69, 9.17) is 28.2 Å². The van der Waals surface area contributed by atoms with E-state index in [-0.39, 0.29) is 0 Å². The molecule has 0 saturated heterocycles. The summed E-state index contributed by atoms with van der Waals surface area (Å²) < 4.78 is 2.06. The zero-order valence-electron chi connectivity index (χ0n) is 12.2. The highest BCUT2D eigenvalue weighted by Gasteiger charge is 2.14. The number of unbranched alkanes of at least 4 members (excludes halogenated alkanes) is 1. The van der Waals surface area contributed by atoms with Crippen LogP contribution in [-0.2, 0) is 6.42 Å². The number of halogens is 2. The average Bonchev–Trinajstić information content (AvgIpc) is 3.01. The molecule has 0 bridgehead atoms. The molecule has 0 unspecified atom stereocenters. The molecule has 4 aromatic rings. The van der Waals surface area contributed by atoms with Gasteiger partial charge in [-0.1, -0.05) is 36.5 Å². The summed E-state index contributed by atoms with van der Waals surface area (Å²) in [5.74, 6) is 0. The molecule has 22 heavy (non-hydrogen) atoms. The summed E-state index contributed by atoms with van der Waals surface area (Å²) in [4.78, 5) is 8.14. The second-order valence-electron chi connectivity index (χ2n) is 5.61. The number of benzene rings is 1. The highest BCUT2D eigenvalue weighted by molar-refractivity contribution is 6.39. The van der Waals surface area contributed by atoms with Gasteiger partial charge in [0.2, 0.25) is 0 Å². The summed E-state index contributed by atoms with van der Waals surface area (Å²) in [6.45, 7) is 2.21.